The molecule has 12 heteroatoms. The fourth-order valence-corrected chi connectivity index (χ4v) is 4.09. The van der Waals surface area contributed by atoms with Gasteiger partial charge in [-0.2, -0.15) is 13.2 Å². The highest BCUT2D eigenvalue weighted by Gasteiger charge is 2.28. The number of hydrogen-bond donors (Lipinski definition) is 1. The van der Waals surface area contributed by atoms with Crippen LogP contribution in [0.2, 0.25) is 0 Å². The van der Waals surface area contributed by atoms with E-state index >= 15 is 0 Å². The van der Waals surface area contributed by atoms with Gasteiger partial charge in [0.1, 0.15) is 6.54 Å². The molecule has 7 nitrogen and oxygen atoms in total. The maximum Gasteiger partial charge on any atom is 0.405 e. The Kier molecular flexibility index (Phi) is 6.28. The molecule has 0 spiro atoms. The molecule has 0 unspecified atom stereocenters. The SMILES string of the molecule is CN(c1ccc(S(C)(=O)=O)cc1)S(=O)(=O)c1ccc(C(=O)NCC(F)(F)F)cc1. The van der Waals surface area contributed by atoms with E-state index in [4.69, 9.17) is 0 Å². The molecule has 2 rings (SSSR count). The Balaban J connectivity index is 2.21. The van der Waals surface area contributed by atoms with Crippen molar-refractivity contribution in [2.24, 2.45) is 0 Å². The van der Waals surface area contributed by atoms with Crippen molar-refractivity contribution in [1.82, 2.24) is 5.32 Å². The first-order valence-electron chi connectivity index (χ1n) is 7.96. The summed E-state index contributed by atoms with van der Waals surface area (Å²) in [7, 11) is -6.22. The van der Waals surface area contributed by atoms with Crippen LogP contribution in [0.1, 0.15) is 10.4 Å². The van der Waals surface area contributed by atoms with Gasteiger partial charge in [-0.3, -0.25) is 9.10 Å². The minimum absolute atomic E-state index is 0.0290. The van der Waals surface area contributed by atoms with Crippen LogP contribution in [0.4, 0.5) is 18.9 Å². The van der Waals surface area contributed by atoms with E-state index in [9.17, 15) is 34.8 Å². The van der Waals surface area contributed by atoms with Crippen LogP contribution in [0.5, 0.6) is 0 Å². The van der Waals surface area contributed by atoms with Gasteiger partial charge in [0.05, 0.1) is 15.5 Å². The number of benzene rings is 2. The summed E-state index contributed by atoms with van der Waals surface area (Å²) >= 11 is 0. The molecule has 0 fully saturated rings. The highest BCUT2D eigenvalue weighted by Crippen LogP contribution is 2.24. The number of carbonyl (C=O) groups is 1. The number of nitrogens with one attached hydrogen (secondary N) is 1. The number of hydrogen-bond acceptors (Lipinski definition) is 5. The molecule has 1 amide bonds. The maximum atomic E-state index is 12.7. The molecule has 0 saturated carbocycles. The van der Waals surface area contributed by atoms with Gasteiger partial charge in [0, 0.05) is 18.9 Å². The third-order valence-electron chi connectivity index (χ3n) is 3.85. The van der Waals surface area contributed by atoms with Crippen molar-refractivity contribution in [3.8, 4) is 0 Å². The molecular formula is C17H17F3N2O5S2. The third kappa shape index (κ3) is 5.70. The minimum Gasteiger partial charge on any atom is -0.343 e. The zero-order chi connectivity index (χ0) is 22.0. The number of rotatable bonds is 6. The second-order valence-electron chi connectivity index (χ2n) is 6.06. The van der Waals surface area contributed by atoms with E-state index in [1.165, 1.54) is 31.3 Å². The molecule has 0 radical (unpaired) electrons. The monoisotopic (exact) mass is 450 g/mol. The number of alkyl halides is 3. The summed E-state index contributed by atoms with van der Waals surface area (Å²) in [4.78, 5) is 11.5. The van der Waals surface area contributed by atoms with Gasteiger partial charge in [0.2, 0.25) is 0 Å². The van der Waals surface area contributed by atoms with E-state index in [0.717, 1.165) is 34.8 Å². The fraction of sp³-hybridized carbons (Fsp3) is 0.235. The second-order valence-corrected chi connectivity index (χ2v) is 10.0. The summed E-state index contributed by atoms with van der Waals surface area (Å²) in [6.07, 6.45) is -3.54. The highest BCUT2D eigenvalue weighted by atomic mass is 32.2. The Hall–Kier alpha value is -2.60. The maximum absolute atomic E-state index is 12.7. The van der Waals surface area contributed by atoms with Crippen LogP contribution in [-0.2, 0) is 19.9 Å². The number of sulfone groups is 1. The van der Waals surface area contributed by atoms with Crippen molar-refractivity contribution < 1.29 is 34.8 Å². The van der Waals surface area contributed by atoms with Gasteiger partial charge in [-0.25, -0.2) is 16.8 Å². The van der Waals surface area contributed by atoms with E-state index < -0.39 is 38.5 Å². The molecule has 0 aliphatic heterocycles. The predicted octanol–water partition coefficient (Wildman–Crippen LogP) is 2.21. The lowest BCUT2D eigenvalue weighted by atomic mass is 10.2. The van der Waals surface area contributed by atoms with Crippen LogP contribution < -0.4 is 9.62 Å². The van der Waals surface area contributed by atoms with Gasteiger partial charge >= 0.3 is 6.18 Å². The summed E-state index contributed by atoms with van der Waals surface area (Å²) < 4.78 is 85.8. The standard InChI is InChI=1S/C17H17F3N2O5S2/c1-22(13-5-9-14(10-6-13)28(2,24)25)29(26,27)15-7-3-12(4-8-15)16(23)21-11-17(18,19)20/h3-10H,11H2,1-2H3,(H,21,23). The number of anilines is 1. The molecule has 0 bridgehead atoms. The van der Waals surface area contributed by atoms with Crippen molar-refractivity contribution in [2.75, 3.05) is 24.2 Å². The van der Waals surface area contributed by atoms with Crippen LogP contribution in [0, 0.1) is 0 Å². The summed E-state index contributed by atoms with van der Waals surface area (Å²) in [5.74, 6) is -0.990. The summed E-state index contributed by atoms with van der Waals surface area (Å²) in [6.45, 7) is -1.50. The molecule has 1 N–H and O–H groups in total. The zero-order valence-electron chi connectivity index (χ0n) is 15.3. The van der Waals surface area contributed by atoms with Crippen LogP contribution >= 0.6 is 0 Å². The van der Waals surface area contributed by atoms with Gasteiger partial charge < -0.3 is 5.32 Å². The van der Waals surface area contributed by atoms with Crippen molar-refractivity contribution in [1.29, 1.82) is 0 Å². The minimum atomic E-state index is -4.56. The first-order chi connectivity index (χ1) is 13.2. The Morgan fingerprint density at radius 1 is 0.931 bits per heavy atom. The van der Waals surface area contributed by atoms with Gasteiger partial charge in [0.25, 0.3) is 15.9 Å². The average Bonchev–Trinajstić information content (AvgIpc) is 2.64. The van der Waals surface area contributed by atoms with Crippen LogP contribution in [0.25, 0.3) is 0 Å². The largest absolute Gasteiger partial charge is 0.405 e. The molecule has 0 aliphatic rings. The third-order valence-corrected chi connectivity index (χ3v) is 6.78. The van der Waals surface area contributed by atoms with Crippen LogP contribution in [-0.4, -0.2) is 48.8 Å². The molecule has 2 aromatic carbocycles. The molecular weight excluding hydrogens is 433 g/mol. The van der Waals surface area contributed by atoms with Gasteiger partial charge in [-0.15, -0.1) is 0 Å². The van der Waals surface area contributed by atoms with Crippen molar-refractivity contribution >= 4 is 31.5 Å². The summed E-state index contributed by atoms with van der Waals surface area (Å²) in [6, 6.07) is 9.58. The fourth-order valence-electron chi connectivity index (χ4n) is 2.26. The van der Waals surface area contributed by atoms with Gasteiger partial charge in [0.15, 0.2) is 9.84 Å². The molecule has 29 heavy (non-hydrogen) atoms. The first kappa shape index (κ1) is 22.7. The molecule has 0 heterocycles. The second kappa shape index (κ2) is 8.03. The Morgan fingerprint density at radius 2 is 1.41 bits per heavy atom. The quantitative estimate of drug-likeness (QED) is 0.727. The summed E-state index contributed by atoms with van der Waals surface area (Å²) in [5.41, 5.74) is 0.0674. The van der Waals surface area contributed by atoms with Crippen LogP contribution in [0.15, 0.2) is 58.3 Å². The first-order valence-corrected chi connectivity index (χ1v) is 11.3. The van der Waals surface area contributed by atoms with E-state index in [1.54, 1.807) is 5.32 Å². The lowest BCUT2D eigenvalue weighted by Gasteiger charge is -2.20. The molecule has 0 aliphatic carbocycles. The number of halogens is 3. The highest BCUT2D eigenvalue weighted by molar-refractivity contribution is 7.92. The normalized spacial score (nSPS) is 12.4. The molecule has 0 saturated heterocycles. The molecule has 0 aromatic heterocycles. The zero-order valence-corrected chi connectivity index (χ0v) is 16.9. The van der Waals surface area contributed by atoms with Crippen molar-refractivity contribution in [3.05, 3.63) is 54.1 Å². The number of sulfonamides is 1. The average molecular weight is 450 g/mol. The number of amides is 1. The molecule has 2 aromatic rings. The van der Waals surface area contributed by atoms with E-state index in [1.807, 2.05) is 0 Å². The van der Waals surface area contributed by atoms with Gasteiger partial charge in [-0.1, -0.05) is 0 Å². The summed E-state index contributed by atoms with van der Waals surface area (Å²) in [5, 5.41) is 1.69. The van der Waals surface area contributed by atoms with E-state index in [2.05, 4.69) is 0 Å². The van der Waals surface area contributed by atoms with Crippen LogP contribution in [0.3, 0.4) is 0 Å². The Morgan fingerprint density at radius 3 is 1.86 bits per heavy atom. The number of nitrogens with zero attached hydrogens (tertiary/aromatic N) is 1. The van der Waals surface area contributed by atoms with E-state index in [-0.39, 0.29) is 21.0 Å². The van der Waals surface area contributed by atoms with Crippen molar-refractivity contribution in [2.45, 2.75) is 16.0 Å². The lowest BCUT2D eigenvalue weighted by Crippen LogP contribution is -2.33. The topological polar surface area (TPSA) is 101 Å². The van der Waals surface area contributed by atoms with E-state index in [0.29, 0.717) is 0 Å². The lowest BCUT2D eigenvalue weighted by molar-refractivity contribution is -0.123. The predicted molar refractivity (Wildman–Crippen MR) is 100.0 cm³/mol. The Bertz CT molecular complexity index is 1100. The number of carbonyl (C=O) groups excluding carboxylic acids is 1. The van der Waals surface area contributed by atoms with Gasteiger partial charge in [-0.05, 0) is 48.5 Å². The van der Waals surface area contributed by atoms with Crippen molar-refractivity contribution in [3.63, 3.8) is 0 Å². The smallest absolute Gasteiger partial charge is 0.343 e. The molecule has 0 atom stereocenters. The Labute approximate surface area is 166 Å². The molecule has 158 valence electrons.